The summed E-state index contributed by atoms with van der Waals surface area (Å²) in [5.74, 6) is -1.03. The van der Waals surface area contributed by atoms with Crippen molar-refractivity contribution in [3.05, 3.63) is 24.3 Å². The van der Waals surface area contributed by atoms with Crippen LogP contribution >= 0.6 is 0 Å². The summed E-state index contributed by atoms with van der Waals surface area (Å²) in [5, 5.41) is 8.86. The van der Waals surface area contributed by atoms with Crippen molar-refractivity contribution >= 4 is 28.9 Å². The molecule has 1 unspecified atom stereocenters. The number of imidazole rings is 1. The molecule has 1 aromatic carbocycles. The Kier molecular flexibility index (Phi) is 3.14. The number of hydrogen-bond donors (Lipinski definition) is 2. The number of carboxylic acids is 1. The number of nitrogens with one attached hydrogen (secondary N) is 1. The van der Waals surface area contributed by atoms with Gasteiger partial charge in [-0.3, -0.25) is 14.5 Å². The monoisotopic (exact) mass is 273 g/mol. The average Bonchev–Trinajstić information content (AvgIpc) is 2.84. The van der Waals surface area contributed by atoms with E-state index < -0.39 is 11.9 Å². The first-order chi connectivity index (χ1) is 9.65. The SMILES string of the molecule is O=C(O)CC1CCCN(c2nc3ccccc3[nH]2)C1=O. The highest BCUT2D eigenvalue weighted by atomic mass is 16.4. The number of rotatable bonds is 3. The van der Waals surface area contributed by atoms with Gasteiger partial charge in [-0.15, -0.1) is 0 Å². The average molecular weight is 273 g/mol. The standard InChI is InChI=1S/C14H15N3O3/c18-12(19)8-9-4-3-7-17(13(9)20)14-15-10-5-1-2-6-11(10)16-14/h1-2,5-6,9H,3-4,7-8H2,(H,15,16)(H,18,19). The number of aliphatic carboxylic acids is 1. The van der Waals surface area contributed by atoms with Gasteiger partial charge in [0, 0.05) is 12.5 Å². The van der Waals surface area contributed by atoms with Crippen LogP contribution in [0.1, 0.15) is 19.3 Å². The van der Waals surface area contributed by atoms with Crippen molar-refractivity contribution in [1.29, 1.82) is 0 Å². The van der Waals surface area contributed by atoms with Crippen molar-refractivity contribution in [3.63, 3.8) is 0 Å². The lowest BCUT2D eigenvalue weighted by Gasteiger charge is -2.29. The highest BCUT2D eigenvalue weighted by molar-refractivity contribution is 5.97. The molecule has 1 atom stereocenters. The molecular formula is C14H15N3O3. The molecule has 0 radical (unpaired) electrons. The Morgan fingerprint density at radius 2 is 2.25 bits per heavy atom. The summed E-state index contributed by atoms with van der Waals surface area (Å²) < 4.78 is 0. The van der Waals surface area contributed by atoms with Gasteiger partial charge in [0.05, 0.1) is 17.5 Å². The Balaban J connectivity index is 1.88. The molecule has 0 aliphatic carbocycles. The second-order valence-electron chi connectivity index (χ2n) is 5.00. The highest BCUT2D eigenvalue weighted by Gasteiger charge is 2.32. The van der Waals surface area contributed by atoms with Crippen molar-refractivity contribution in [2.75, 3.05) is 11.4 Å². The van der Waals surface area contributed by atoms with Gasteiger partial charge in [-0.25, -0.2) is 4.98 Å². The molecule has 1 saturated heterocycles. The molecule has 0 spiro atoms. The molecule has 1 aromatic heterocycles. The zero-order chi connectivity index (χ0) is 14.1. The minimum Gasteiger partial charge on any atom is -0.481 e. The number of anilines is 1. The van der Waals surface area contributed by atoms with E-state index in [0.717, 1.165) is 17.5 Å². The second kappa shape index (κ2) is 4.96. The van der Waals surface area contributed by atoms with Gasteiger partial charge in [0.15, 0.2) is 0 Å². The Labute approximate surface area is 115 Å². The molecule has 2 aromatic rings. The predicted octanol–water partition coefficient (Wildman–Crippen LogP) is 1.78. The van der Waals surface area contributed by atoms with E-state index in [0.29, 0.717) is 18.9 Å². The topological polar surface area (TPSA) is 86.3 Å². The normalized spacial score (nSPS) is 19.5. The minimum absolute atomic E-state index is 0.116. The van der Waals surface area contributed by atoms with E-state index >= 15 is 0 Å². The minimum atomic E-state index is -0.935. The smallest absolute Gasteiger partial charge is 0.304 e. The largest absolute Gasteiger partial charge is 0.481 e. The molecule has 0 bridgehead atoms. The molecular weight excluding hydrogens is 258 g/mol. The maximum atomic E-state index is 12.3. The fourth-order valence-electron chi connectivity index (χ4n) is 2.63. The van der Waals surface area contributed by atoms with Crippen LogP contribution in [-0.4, -0.2) is 33.5 Å². The summed E-state index contributed by atoms with van der Waals surface area (Å²) in [6.45, 7) is 0.578. The Morgan fingerprint density at radius 3 is 3.00 bits per heavy atom. The van der Waals surface area contributed by atoms with Crippen molar-refractivity contribution in [3.8, 4) is 0 Å². The number of hydrogen-bond acceptors (Lipinski definition) is 3. The van der Waals surface area contributed by atoms with E-state index in [9.17, 15) is 9.59 Å². The third-order valence-electron chi connectivity index (χ3n) is 3.60. The van der Waals surface area contributed by atoms with Gasteiger partial charge in [-0.1, -0.05) is 12.1 Å². The van der Waals surface area contributed by atoms with Crippen LogP contribution in [0.2, 0.25) is 0 Å². The third-order valence-corrected chi connectivity index (χ3v) is 3.60. The van der Waals surface area contributed by atoms with Gasteiger partial charge in [0.1, 0.15) is 0 Å². The van der Waals surface area contributed by atoms with E-state index in [-0.39, 0.29) is 12.3 Å². The lowest BCUT2D eigenvalue weighted by molar-refractivity contribution is -0.141. The van der Waals surface area contributed by atoms with Gasteiger partial charge in [0.25, 0.3) is 0 Å². The molecule has 1 aliphatic heterocycles. The molecule has 6 nitrogen and oxygen atoms in total. The Bertz CT molecular complexity index is 631. The zero-order valence-electron chi connectivity index (χ0n) is 10.9. The first-order valence-electron chi connectivity index (χ1n) is 6.63. The molecule has 0 saturated carbocycles. The van der Waals surface area contributed by atoms with Crippen LogP contribution in [0.25, 0.3) is 11.0 Å². The second-order valence-corrected chi connectivity index (χ2v) is 5.00. The maximum absolute atomic E-state index is 12.3. The van der Waals surface area contributed by atoms with Crippen LogP contribution in [0.3, 0.4) is 0 Å². The lowest BCUT2D eigenvalue weighted by Crippen LogP contribution is -2.42. The number of aromatic amines is 1. The third kappa shape index (κ3) is 2.24. The fraction of sp³-hybridized carbons (Fsp3) is 0.357. The van der Waals surface area contributed by atoms with Crippen LogP contribution in [0, 0.1) is 5.92 Å². The van der Waals surface area contributed by atoms with Crippen molar-refractivity contribution in [2.24, 2.45) is 5.92 Å². The van der Waals surface area contributed by atoms with Gasteiger partial charge in [0.2, 0.25) is 11.9 Å². The molecule has 104 valence electrons. The number of amides is 1. The van der Waals surface area contributed by atoms with Crippen LogP contribution < -0.4 is 4.90 Å². The van der Waals surface area contributed by atoms with Crippen LogP contribution in [-0.2, 0) is 9.59 Å². The zero-order valence-corrected chi connectivity index (χ0v) is 10.9. The molecule has 3 rings (SSSR count). The van der Waals surface area contributed by atoms with Gasteiger partial charge >= 0.3 is 5.97 Å². The molecule has 1 aliphatic rings. The number of carbonyl (C=O) groups excluding carboxylic acids is 1. The van der Waals surface area contributed by atoms with Crippen LogP contribution in [0.15, 0.2) is 24.3 Å². The lowest BCUT2D eigenvalue weighted by atomic mass is 9.94. The Hall–Kier alpha value is -2.37. The van der Waals surface area contributed by atoms with Crippen LogP contribution in [0.4, 0.5) is 5.95 Å². The summed E-state index contributed by atoms with van der Waals surface area (Å²) in [5.41, 5.74) is 1.67. The first kappa shape index (κ1) is 12.7. The molecule has 6 heteroatoms. The first-order valence-corrected chi connectivity index (χ1v) is 6.63. The molecule has 2 N–H and O–H groups in total. The summed E-state index contributed by atoms with van der Waals surface area (Å²) in [7, 11) is 0. The quantitative estimate of drug-likeness (QED) is 0.892. The number of benzene rings is 1. The summed E-state index contributed by atoms with van der Waals surface area (Å²) in [6, 6.07) is 7.56. The van der Waals surface area contributed by atoms with E-state index in [4.69, 9.17) is 5.11 Å². The van der Waals surface area contributed by atoms with Gasteiger partial charge < -0.3 is 10.1 Å². The van der Waals surface area contributed by atoms with Crippen molar-refractivity contribution in [1.82, 2.24) is 9.97 Å². The molecule has 1 amide bonds. The van der Waals surface area contributed by atoms with Gasteiger partial charge in [-0.05, 0) is 25.0 Å². The number of piperidine rings is 1. The Morgan fingerprint density at radius 1 is 1.45 bits per heavy atom. The number of fused-ring (bicyclic) bond motifs is 1. The summed E-state index contributed by atoms with van der Waals surface area (Å²) >= 11 is 0. The fourth-order valence-corrected chi connectivity index (χ4v) is 2.63. The molecule has 2 heterocycles. The van der Waals surface area contributed by atoms with Gasteiger partial charge in [-0.2, -0.15) is 0 Å². The van der Waals surface area contributed by atoms with E-state index in [1.165, 1.54) is 0 Å². The number of para-hydroxylation sites is 2. The summed E-state index contributed by atoms with van der Waals surface area (Å²) in [4.78, 5) is 32.2. The van der Waals surface area contributed by atoms with E-state index in [1.807, 2.05) is 24.3 Å². The van der Waals surface area contributed by atoms with Crippen molar-refractivity contribution in [2.45, 2.75) is 19.3 Å². The van der Waals surface area contributed by atoms with Crippen molar-refractivity contribution < 1.29 is 14.7 Å². The number of aromatic nitrogens is 2. The number of nitrogens with zero attached hydrogens (tertiary/aromatic N) is 2. The van der Waals surface area contributed by atoms with E-state index in [2.05, 4.69) is 9.97 Å². The predicted molar refractivity (Wildman–Crippen MR) is 73.4 cm³/mol. The number of carbonyl (C=O) groups is 2. The van der Waals surface area contributed by atoms with E-state index in [1.54, 1.807) is 4.90 Å². The van der Waals surface area contributed by atoms with Crippen LogP contribution in [0.5, 0.6) is 0 Å². The maximum Gasteiger partial charge on any atom is 0.304 e. The number of H-pyrrole nitrogens is 1. The summed E-state index contributed by atoms with van der Waals surface area (Å²) in [6.07, 6.45) is 1.30. The molecule has 20 heavy (non-hydrogen) atoms. The number of carboxylic acid groups (broad SMARTS) is 1. The molecule has 1 fully saturated rings. The highest BCUT2D eigenvalue weighted by Crippen LogP contribution is 2.26.